The third-order valence-corrected chi connectivity index (χ3v) is 7.56. The van der Waals surface area contributed by atoms with E-state index in [1.807, 2.05) is 13.8 Å². The van der Waals surface area contributed by atoms with Crippen molar-refractivity contribution in [3.63, 3.8) is 0 Å². The molecule has 7 unspecified atom stereocenters. The van der Waals surface area contributed by atoms with Crippen LogP contribution in [0.2, 0.25) is 0 Å². The maximum absolute atomic E-state index is 13.1. The quantitative estimate of drug-likeness (QED) is 0.522. The highest BCUT2D eigenvalue weighted by atomic mass is 16.6. The topological polar surface area (TPSA) is 78.9 Å². The Morgan fingerprint density at radius 1 is 1.22 bits per heavy atom. The fourth-order valence-corrected chi connectivity index (χ4v) is 5.71. The highest BCUT2D eigenvalue weighted by Gasteiger charge is 2.70. The molecule has 3 aliphatic carbocycles. The third-order valence-electron chi connectivity index (χ3n) is 7.56. The van der Waals surface area contributed by atoms with Crippen molar-refractivity contribution >= 4 is 17.9 Å². The van der Waals surface area contributed by atoms with E-state index in [0.29, 0.717) is 12.8 Å². The van der Waals surface area contributed by atoms with E-state index in [1.54, 1.807) is 0 Å². The van der Waals surface area contributed by atoms with Crippen molar-refractivity contribution in [1.29, 1.82) is 0 Å². The average molecular weight is 378 g/mol. The molecular weight excluding hydrogens is 348 g/mol. The number of rotatable bonds is 6. The minimum Gasteiger partial charge on any atom is -0.459 e. The van der Waals surface area contributed by atoms with E-state index < -0.39 is 24.0 Å². The van der Waals surface area contributed by atoms with Crippen molar-refractivity contribution in [3.8, 4) is 0 Å². The van der Waals surface area contributed by atoms with Gasteiger partial charge in [-0.25, -0.2) is 0 Å². The van der Waals surface area contributed by atoms with Gasteiger partial charge in [-0.15, -0.1) is 0 Å². The molecule has 0 spiro atoms. The summed E-state index contributed by atoms with van der Waals surface area (Å²) in [4.78, 5) is 37.9. The maximum atomic E-state index is 13.1. The van der Waals surface area contributed by atoms with Gasteiger partial charge in [0.15, 0.2) is 0 Å². The predicted molar refractivity (Wildman–Crippen MR) is 95.4 cm³/mol. The second-order valence-electron chi connectivity index (χ2n) is 8.89. The van der Waals surface area contributed by atoms with Crippen molar-refractivity contribution in [2.24, 2.45) is 29.6 Å². The zero-order valence-electron chi connectivity index (χ0n) is 16.4. The molecule has 7 atom stereocenters. The Morgan fingerprint density at radius 3 is 2.56 bits per heavy atom. The van der Waals surface area contributed by atoms with Gasteiger partial charge in [-0.1, -0.05) is 20.8 Å². The van der Waals surface area contributed by atoms with E-state index in [-0.39, 0.29) is 41.3 Å². The van der Waals surface area contributed by atoms with E-state index in [4.69, 9.17) is 14.2 Å². The van der Waals surface area contributed by atoms with Gasteiger partial charge in [0, 0.05) is 11.8 Å². The molecule has 0 N–H and O–H groups in total. The molecule has 0 amide bonds. The first-order chi connectivity index (χ1) is 12.9. The normalized spacial score (nSPS) is 39.3. The van der Waals surface area contributed by atoms with Crippen LogP contribution in [0.15, 0.2) is 0 Å². The van der Waals surface area contributed by atoms with Gasteiger partial charge in [-0.05, 0) is 44.9 Å². The third kappa shape index (κ3) is 2.87. The van der Waals surface area contributed by atoms with E-state index in [1.165, 1.54) is 0 Å². The molecule has 4 rings (SSSR count). The van der Waals surface area contributed by atoms with Gasteiger partial charge in [0.2, 0.25) is 0 Å². The Bertz CT molecular complexity index is 637. The zero-order valence-corrected chi connectivity index (χ0v) is 16.4. The minimum absolute atomic E-state index is 0.0315. The largest absolute Gasteiger partial charge is 0.459 e. The highest BCUT2D eigenvalue weighted by molar-refractivity contribution is 5.86. The molecule has 0 radical (unpaired) electrons. The van der Waals surface area contributed by atoms with Gasteiger partial charge in [0.05, 0.1) is 17.8 Å². The first kappa shape index (κ1) is 18.8. The Morgan fingerprint density at radius 2 is 1.93 bits per heavy atom. The summed E-state index contributed by atoms with van der Waals surface area (Å²) < 4.78 is 17.3. The van der Waals surface area contributed by atoms with Gasteiger partial charge in [-0.2, -0.15) is 0 Å². The smallest absolute Gasteiger partial charge is 0.310 e. The van der Waals surface area contributed by atoms with Crippen LogP contribution in [0.1, 0.15) is 65.7 Å². The molecule has 3 saturated carbocycles. The second kappa shape index (κ2) is 6.78. The van der Waals surface area contributed by atoms with Crippen LogP contribution in [0.5, 0.6) is 0 Å². The van der Waals surface area contributed by atoms with Crippen LogP contribution in [-0.4, -0.2) is 35.7 Å². The molecule has 1 saturated heterocycles. The predicted octanol–water partition coefficient (Wildman–Crippen LogP) is 3.02. The minimum atomic E-state index is -0.542. The molecule has 0 aromatic rings. The SMILES string of the molecule is CCC(C)C(=O)OC1C2CC3C1OC(=O)C3C2C(=O)OC1(CC)CCCC1. The van der Waals surface area contributed by atoms with Crippen LogP contribution in [0.3, 0.4) is 0 Å². The summed E-state index contributed by atoms with van der Waals surface area (Å²) in [5, 5.41) is 0. The summed E-state index contributed by atoms with van der Waals surface area (Å²) >= 11 is 0. The number of esters is 3. The lowest BCUT2D eigenvalue weighted by Crippen LogP contribution is -2.46. The fourth-order valence-electron chi connectivity index (χ4n) is 5.71. The van der Waals surface area contributed by atoms with Crippen LogP contribution in [0.25, 0.3) is 0 Å². The highest BCUT2D eigenvalue weighted by Crippen LogP contribution is 2.59. The van der Waals surface area contributed by atoms with Crippen molar-refractivity contribution in [2.75, 3.05) is 0 Å². The first-order valence-corrected chi connectivity index (χ1v) is 10.5. The molecule has 6 nitrogen and oxygen atoms in total. The van der Waals surface area contributed by atoms with Crippen molar-refractivity contribution in [2.45, 2.75) is 83.5 Å². The summed E-state index contributed by atoms with van der Waals surface area (Å²) in [7, 11) is 0. The molecule has 27 heavy (non-hydrogen) atoms. The van der Waals surface area contributed by atoms with Gasteiger partial charge >= 0.3 is 17.9 Å². The number of hydrogen-bond acceptors (Lipinski definition) is 6. The summed E-state index contributed by atoms with van der Waals surface area (Å²) in [6.07, 6.45) is 5.19. The lowest BCUT2D eigenvalue weighted by Gasteiger charge is -2.34. The second-order valence-corrected chi connectivity index (χ2v) is 8.89. The van der Waals surface area contributed by atoms with Crippen molar-refractivity contribution in [1.82, 2.24) is 0 Å². The van der Waals surface area contributed by atoms with Crippen LogP contribution >= 0.6 is 0 Å². The molecule has 1 aliphatic heterocycles. The Hall–Kier alpha value is -1.59. The molecule has 1 heterocycles. The number of fused-ring (bicyclic) bond motifs is 1. The van der Waals surface area contributed by atoms with Gasteiger partial charge in [0.1, 0.15) is 17.8 Å². The number of carbonyl (C=O) groups is 3. The lowest BCUT2D eigenvalue weighted by atomic mass is 9.78. The van der Waals surface area contributed by atoms with Gasteiger partial charge < -0.3 is 14.2 Å². The molecular formula is C21H30O6. The summed E-state index contributed by atoms with van der Waals surface area (Å²) in [6, 6.07) is 0. The van der Waals surface area contributed by atoms with E-state index in [0.717, 1.165) is 32.1 Å². The summed E-state index contributed by atoms with van der Waals surface area (Å²) in [5.41, 5.74) is -0.385. The van der Waals surface area contributed by atoms with Crippen LogP contribution in [-0.2, 0) is 28.6 Å². The summed E-state index contributed by atoms with van der Waals surface area (Å²) in [5.74, 6) is -2.28. The van der Waals surface area contributed by atoms with Crippen molar-refractivity contribution < 1.29 is 28.6 Å². The van der Waals surface area contributed by atoms with E-state index in [9.17, 15) is 14.4 Å². The summed E-state index contributed by atoms with van der Waals surface area (Å²) in [6.45, 7) is 5.82. The Labute approximate surface area is 160 Å². The molecule has 0 aromatic carbocycles. The molecule has 150 valence electrons. The molecule has 4 aliphatic rings. The number of hydrogen-bond donors (Lipinski definition) is 0. The van der Waals surface area contributed by atoms with E-state index >= 15 is 0 Å². The zero-order chi connectivity index (χ0) is 19.3. The first-order valence-electron chi connectivity index (χ1n) is 10.5. The average Bonchev–Trinajstić information content (AvgIpc) is 3.38. The lowest BCUT2D eigenvalue weighted by molar-refractivity contribution is -0.176. The van der Waals surface area contributed by atoms with Crippen LogP contribution < -0.4 is 0 Å². The van der Waals surface area contributed by atoms with Crippen molar-refractivity contribution in [3.05, 3.63) is 0 Å². The molecule has 0 aromatic heterocycles. The van der Waals surface area contributed by atoms with Gasteiger partial charge in [-0.3, -0.25) is 14.4 Å². The number of carbonyl (C=O) groups excluding carboxylic acids is 3. The van der Waals surface area contributed by atoms with Gasteiger partial charge in [0.25, 0.3) is 0 Å². The number of ether oxygens (including phenoxy) is 3. The Balaban J connectivity index is 1.53. The molecule has 6 heteroatoms. The fraction of sp³-hybridized carbons (Fsp3) is 0.857. The van der Waals surface area contributed by atoms with Crippen LogP contribution in [0, 0.1) is 29.6 Å². The van der Waals surface area contributed by atoms with E-state index in [2.05, 4.69) is 6.92 Å². The molecule has 2 bridgehead atoms. The molecule has 4 fully saturated rings. The Kier molecular flexibility index (Phi) is 4.71. The monoisotopic (exact) mass is 378 g/mol. The van der Waals surface area contributed by atoms with Crippen LogP contribution in [0.4, 0.5) is 0 Å². The maximum Gasteiger partial charge on any atom is 0.310 e. The standard InChI is InChI=1S/C21H30O6/c1-4-11(3)18(22)25-16-13-10-12-14(19(23)26-17(12)16)15(13)20(24)27-21(5-2)8-6-7-9-21/h11-17H,4-10H2,1-3H3.